The number of benzene rings is 2. The lowest BCUT2D eigenvalue weighted by Gasteiger charge is -2.27. The van der Waals surface area contributed by atoms with Crippen molar-refractivity contribution < 1.29 is 14.3 Å². The number of hydrogen-bond acceptors (Lipinski definition) is 4. The number of morpholine rings is 1. The lowest BCUT2D eigenvalue weighted by Crippen LogP contribution is -2.36. The van der Waals surface area contributed by atoms with E-state index in [0.29, 0.717) is 17.3 Å². The van der Waals surface area contributed by atoms with Crippen LogP contribution < -0.4 is 10.1 Å². The average Bonchev–Trinajstić information content (AvgIpc) is 2.72. The number of hydrogen-bond donors (Lipinski definition) is 1. The number of nitrogens with zero attached hydrogens (tertiary/aromatic N) is 1. The number of ether oxygens (including phenoxy) is 2. The van der Waals surface area contributed by atoms with Crippen molar-refractivity contribution in [2.45, 2.75) is 13.1 Å². The summed E-state index contributed by atoms with van der Waals surface area (Å²) in [7, 11) is 1.59. The fourth-order valence-corrected chi connectivity index (χ4v) is 3.31. The Bertz CT molecular complexity index is 832. The molecule has 148 valence electrons. The fraction of sp³-hybridized carbons (Fsp3) is 0.318. The summed E-state index contributed by atoms with van der Waals surface area (Å²) in [5, 5.41) is 3.55. The Morgan fingerprint density at radius 3 is 2.71 bits per heavy atom. The molecule has 6 heteroatoms. The molecule has 3 rings (SSSR count). The van der Waals surface area contributed by atoms with E-state index in [1.54, 1.807) is 31.4 Å². The largest absolute Gasteiger partial charge is 0.496 e. The van der Waals surface area contributed by atoms with Crippen LogP contribution in [-0.2, 0) is 22.6 Å². The molecule has 1 aliphatic heterocycles. The average molecular weight is 401 g/mol. The number of carbonyl (C=O) groups excluding carboxylic acids is 1. The van der Waals surface area contributed by atoms with Crippen molar-refractivity contribution in [1.29, 1.82) is 0 Å². The molecule has 2 aromatic carbocycles. The zero-order valence-corrected chi connectivity index (χ0v) is 16.7. The van der Waals surface area contributed by atoms with E-state index in [1.165, 1.54) is 11.6 Å². The van der Waals surface area contributed by atoms with E-state index in [-0.39, 0.29) is 5.91 Å². The standard InChI is InChI=1S/C22H25ClN2O3/c1-27-21-8-7-20(23)14-17(21)6-9-22(26)24-15-18-4-2-3-5-19(18)16-25-10-12-28-13-11-25/h2-9,14H,10-13,15-16H2,1H3,(H,24,26). The van der Waals surface area contributed by atoms with Gasteiger partial charge in [0.05, 0.1) is 20.3 Å². The third-order valence-corrected chi connectivity index (χ3v) is 4.91. The highest BCUT2D eigenvalue weighted by Gasteiger charge is 2.12. The van der Waals surface area contributed by atoms with Gasteiger partial charge in [-0.2, -0.15) is 0 Å². The molecule has 2 aromatic rings. The summed E-state index contributed by atoms with van der Waals surface area (Å²) >= 11 is 6.03. The first-order valence-electron chi connectivity index (χ1n) is 9.32. The summed E-state index contributed by atoms with van der Waals surface area (Å²) in [5.74, 6) is 0.507. The van der Waals surface area contributed by atoms with Gasteiger partial charge in [0.15, 0.2) is 0 Å². The first-order valence-corrected chi connectivity index (χ1v) is 9.70. The van der Waals surface area contributed by atoms with Crippen LogP contribution in [0.5, 0.6) is 5.75 Å². The van der Waals surface area contributed by atoms with Gasteiger partial charge in [-0.1, -0.05) is 35.9 Å². The zero-order chi connectivity index (χ0) is 19.8. The Kier molecular flexibility index (Phi) is 7.48. The van der Waals surface area contributed by atoms with Crippen LogP contribution in [0.2, 0.25) is 5.02 Å². The molecule has 0 aromatic heterocycles. The monoisotopic (exact) mass is 400 g/mol. The topological polar surface area (TPSA) is 50.8 Å². The number of rotatable bonds is 7. The van der Waals surface area contributed by atoms with Gasteiger partial charge >= 0.3 is 0 Å². The molecule has 1 saturated heterocycles. The van der Waals surface area contributed by atoms with Crippen molar-refractivity contribution in [3.05, 3.63) is 70.3 Å². The molecule has 1 amide bonds. The van der Waals surface area contributed by atoms with Crippen LogP contribution in [0.4, 0.5) is 0 Å². The van der Waals surface area contributed by atoms with Crippen LogP contribution in [0.3, 0.4) is 0 Å². The summed E-state index contributed by atoms with van der Waals surface area (Å²) in [6.07, 6.45) is 3.21. The van der Waals surface area contributed by atoms with Crippen LogP contribution in [0.15, 0.2) is 48.5 Å². The molecular formula is C22H25ClN2O3. The lowest BCUT2D eigenvalue weighted by molar-refractivity contribution is -0.116. The summed E-state index contributed by atoms with van der Waals surface area (Å²) in [4.78, 5) is 14.6. The second kappa shape index (κ2) is 10.3. The van der Waals surface area contributed by atoms with Crippen molar-refractivity contribution in [2.75, 3.05) is 33.4 Å². The first-order chi connectivity index (χ1) is 13.7. The van der Waals surface area contributed by atoms with Gasteiger partial charge < -0.3 is 14.8 Å². The summed E-state index contributed by atoms with van der Waals surface area (Å²) in [6.45, 7) is 4.77. The molecule has 0 bridgehead atoms. The summed E-state index contributed by atoms with van der Waals surface area (Å²) in [5.41, 5.74) is 3.11. The van der Waals surface area contributed by atoms with Gasteiger partial charge in [-0.15, -0.1) is 0 Å². The maximum absolute atomic E-state index is 12.3. The molecule has 0 aliphatic carbocycles. The smallest absolute Gasteiger partial charge is 0.244 e. The van der Waals surface area contributed by atoms with Crippen LogP contribution >= 0.6 is 11.6 Å². The maximum Gasteiger partial charge on any atom is 0.244 e. The van der Waals surface area contributed by atoms with E-state index < -0.39 is 0 Å². The van der Waals surface area contributed by atoms with Crippen molar-refractivity contribution in [3.63, 3.8) is 0 Å². The lowest BCUT2D eigenvalue weighted by atomic mass is 10.1. The summed E-state index contributed by atoms with van der Waals surface area (Å²) < 4.78 is 10.7. The van der Waals surface area contributed by atoms with E-state index in [2.05, 4.69) is 22.3 Å². The third-order valence-electron chi connectivity index (χ3n) is 4.68. The maximum atomic E-state index is 12.3. The molecule has 1 N–H and O–H groups in total. The van der Waals surface area contributed by atoms with Crippen molar-refractivity contribution in [2.24, 2.45) is 0 Å². The molecule has 0 saturated carbocycles. The van der Waals surface area contributed by atoms with Crippen molar-refractivity contribution >= 4 is 23.6 Å². The predicted octanol–water partition coefficient (Wildman–Crippen LogP) is 3.51. The molecule has 0 unspecified atom stereocenters. The quantitative estimate of drug-likeness (QED) is 0.722. The van der Waals surface area contributed by atoms with Crippen LogP contribution in [0.25, 0.3) is 6.08 Å². The van der Waals surface area contributed by atoms with E-state index in [9.17, 15) is 4.79 Å². The second-order valence-corrected chi connectivity index (χ2v) is 7.03. The molecule has 1 heterocycles. The Labute approximate surface area is 170 Å². The minimum atomic E-state index is -0.164. The van der Waals surface area contributed by atoms with Gasteiger partial charge in [0.25, 0.3) is 0 Å². The van der Waals surface area contributed by atoms with Gasteiger partial charge in [0.1, 0.15) is 5.75 Å². The van der Waals surface area contributed by atoms with Crippen molar-refractivity contribution in [3.8, 4) is 5.75 Å². The SMILES string of the molecule is COc1ccc(Cl)cc1C=CC(=O)NCc1ccccc1CN1CCOCC1. The molecule has 28 heavy (non-hydrogen) atoms. The Hall–Kier alpha value is -2.34. The number of amides is 1. The Morgan fingerprint density at radius 2 is 1.96 bits per heavy atom. The minimum absolute atomic E-state index is 0.164. The Morgan fingerprint density at radius 1 is 1.21 bits per heavy atom. The predicted molar refractivity (Wildman–Crippen MR) is 111 cm³/mol. The first kappa shape index (κ1) is 20.4. The second-order valence-electron chi connectivity index (χ2n) is 6.59. The normalized spacial score (nSPS) is 14.9. The van der Waals surface area contributed by atoms with Crippen LogP contribution in [0, 0.1) is 0 Å². The van der Waals surface area contributed by atoms with E-state index in [0.717, 1.165) is 44.0 Å². The van der Waals surface area contributed by atoms with Crippen LogP contribution in [0.1, 0.15) is 16.7 Å². The van der Waals surface area contributed by atoms with Gasteiger partial charge in [0, 0.05) is 42.8 Å². The molecule has 1 fully saturated rings. The number of methoxy groups -OCH3 is 1. The van der Waals surface area contributed by atoms with Gasteiger partial charge in [-0.05, 0) is 35.4 Å². The molecule has 5 nitrogen and oxygen atoms in total. The molecule has 1 aliphatic rings. The zero-order valence-electron chi connectivity index (χ0n) is 16.0. The Balaban J connectivity index is 1.59. The van der Waals surface area contributed by atoms with Gasteiger partial charge in [0.2, 0.25) is 5.91 Å². The molecule has 0 radical (unpaired) electrons. The van der Waals surface area contributed by atoms with E-state index >= 15 is 0 Å². The van der Waals surface area contributed by atoms with Gasteiger partial charge in [-0.3, -0.25) is 9.69 Å². The number of halogens is 1. The minimum Gasteiger partial charge on any atom is -0.496 e. The molecule has 0 atom stereocenters. The number of carbonyl (C=O) groups is 1. The van der Waals surface area contributed by atoms with Gasteiger partial charge in [-0.25, -0.2) is 0 Å². The summed E-state index contributed by atoms with van der Waals surface area (Å²) in [6, 6.07) is 13.5. The highest BCUT2D eigenvalue weighted by molar-refractivity contribution is 6.30. The molecular weight excluding hydrogens is 376 g/mol. The third kappa shape index (κ3) is 5.83. The van der Waals surface area contributed by atoms with Crippen molar-refractivity contribution in [1.82, 2.24) is 10.2 Å². The molecule has 0 spiro atoms. The van der Waals surface area contributed by atoms with E-state index in [1.807, 2.05) is 12.1 Å². The highest BCUT2D eigenvalue weighted by atomic mass is 35.5. The fourth-order valence-electron chi connectivity index (χ4n) is 3.13. The highest BCUT2D eigenvalue weighted by Crippen LogP contribution is 2.23. The van der Waals surface area contributed by atoms with E-state index in [4.69, 9.17) is 21.1 Å². The number of nitrogens with one attached hydrogen (secondary N) is 1. The van der Waals surface area contributed by atoms with Crippen LogP contribution in [-0.4, -0.2) is 44.2 Å².